The maximum absolute atomic E-state index is 12.8. The zero-order valence-corrected chi connectivity index (χ0v) is 18.7. The van der Waals surface area contributed by atoms with Gasteiger partial charge >= 0.3 is 6.09 Å². The van der Waals surface area contributed by atoms with Gasteiger partial charge in [-0.2, -0.15) is 9.78 Å². The van der Waals surface area contributed by atoms with Gasteiger partial charge in [-0.05, 0) is 45.0 Å². The van der Waals surface area contributed by atoms with Gasteiger partial charge in [0.1, 0.15) is 5.60 Å². The van der Waals surface area contributed by atoms with Gasteiger partial charge in [0, 0.05) is 29.8 Å². The van der Waals surface area contributed by atoms with E-state index in [1.54, 1.807) is 45.2 Å². The number of hydrogen-bond donors (Lipinski definition) is 0. The highest BCUT2D eigenvalue weighted by atomic mass is 35.5. The molecule has 31 heavy (non-hydrogen) atoms. The van der Waals surface area contributed by atoms with Gasteiger partial charge in [0.15, 0.2) is 6.29 Å². The molecule has 9 heteroatoms. The van der Waals surface area contributed by atoms with Crippen LogP contribution in [0.2, 0.25) is 5.02 Å². The van der Waals surface area contributed by atoms with Crippen molar-refractivity contribution in [3.63, 3.8) is 0 Å². The average molecular weight is 455 g/mol. The smallest absolute Gasteiger partial charge is 0.435 e. The summed E-state index contributed by atoms with van der Waals surface area (Å²) in [5.41, 5.74) is 2.02. The number of hydrogen-bond acceptors (Lipinski definition) is 7. The maximum Gasteiger partial charge on any atom is 0.435 e. The minimum Gasteiger partial charge on any atom is -0.442 e. The van der Waals surface area contributed by atoms with Crippen LogP contribution in [0, 0.1) is 0 Å². The third kappa shape index (κ3) is 4.50. The van der Waals surface area contributed by atoms with Crippen LogP contribution in [0.1, 0.15) is 41.1 Å². The van der Waals surface area contributed by atoms with Gasteiger partial charge in [-0.1, -0.05) is 17.7 Å². The van der Waals surface area contributed by atoms with Gasteiger partial charge in [-0.25, -0.2) is 9.78 Å². The third-order valence-electron chi connectivity index (χ3n) is 4.36. The number of pyridine rings is 1. The molecule has 0 amide bonds. The molecular formula is C22H19ClN4O3S. The molecule has 4 aromatic rings. The number of aromatic nitrogens is 4. The normalized spacial score (nSPS) is 11.6. The molecule has 0 fully saturated rings. The monoisotopic (exact) mass is 454 g/mol. The maximum atomic E-state index is 12.8. The fourth-order valence-corrected chi connectivity index (χ4v) is 4.08. The minimum atomic E-state index is -0.662. The lowest BCUT2D eigenvalue weighted by Gasteiger charge is -2.19. The van der Waals surface area contributed by atoms with Crippen LogP contribution in [0.3, 0.4) is 0 Å². The van der Waals surface area contributed by atoms with Crippen molar-refractivity contribution in [1.29, 1.82) is 0 Å². The molecule has 3 heterocycles. The molecule has 0 saturated carbocycles. The average Bonchev–Trinajstić information content (AvgIpc) is 3.32. The second kappa shape index (κ2) is 8.20. The molecule has 1 aromatic carbocycles. The van der Waals surface area contributed by atoms with Crippen molar-refractivity contribution in [2.75, 3.05) is 0 Å². The van der Waals surface area contributed by atoms with Gasteiger partial charge in [-0.3, -0.25) is 9.78 Å². The molecule has 0 saturated heterocycles. The number of nitrogens with zero attached hydrogens (tertiary/aromatic N) is 4. The second-order valence-corrected chi connectivity index (χ2v) is 9.41. The fourth-order valence-electron chi connectivity index (χ4n) is 3.10. The van der Waals surface area contributed by atoms with Crippen molar-refractivity contribution < 1.29 is 14.3 Å². The van der Waals surface area contributed by atoms with Crippen molar-refractivity contribution in [2.24, 2.45) is 0 Å². The number of fused-ring (bicyclic) bond motifs is 1. The molecule has 0 bridgehead atoms. The van der Waals surface area contributed by atoms with E-state index in [2.05, 4.69) is 15.1 Å². The van der Waals surface area contributed by atoms with Crippen molar-refractivity contribution >= 4 is 46.2 Å². The van der Waals surface area contributed by atoms with E-state index >= 15 is 0 Å². The van der Waals surface area contributed by atoms with Crippen LogP contribution in [-0.2, 0) is 11.2 Å². The molecule has 4 rings (SSSR count). The Morgan fingerprint density at radius 2 is 2.06 bits per heavy atom. The van der Waals surface area contributed by atoms with E-state index in [-0.39, 0.29) is 0 Å². The number of carbonyl (C=O) groups excluding carboxylic acids is 2. The highest BCUT2D eigenvalue weighted by molar-refractivity contribution is 7.13. The molecule has 0 spiro atoms. The zero-order chi connectivity index (χ0) is 22.2. The van der Waals surface area contributed by atoms with Gasteiger partial charge in [0.05, 0.1) is 31.8 Å². The lowest BCUT2D eigenvalue weighted by molar-refractivity contribution is 0.0522. The molecule has 0 unspecified atom stereocenters. The van der Waals surface area contributed by atoms with E-state index in [4.69, 9.17) is 16.3 Å². The summed E-state index contributed by atoms with van der Waals surface area (Å²) in [6, 6.07) is 9.09. The largest absolute Gasteiger partial charge is 0.442 e. The van der Waals surface area contributed by atoms with Gasteiger partial charge in [-0.15, -0.1) is 11.3 Å². The van der Waals surface area contributed by atoms with Crippen LogP contribution >= 0.6 is 22.9 Å². The molecule has 7 nitrogen and oxygen atoms in total. The lowest BCUT2D eigenvalue weighted by atomic mass is 10.1. The van der Waals surface area contributed by atoms with Crippen LogP contribution < -0.4 is 0 Å². The van der Waals surface area contributed by atoms with Crippen molar-refractivity contribution in [3.05, 3.63) is 63.3 Å². The topological polar surface area (TPSA) is 87.0 Å². The first kappa shape index (κ1) is 21.1. The second-order valence-electron chi connectivity index (χ2n) is 7.86. The first-order valence-corrected chi connectivity index (χ1v) is 10.7. The summed E-state index contributed by atoms with van der Waals surface area (Å²) in [6.07, 6.45) is 3.76. The fraction of sp³-hybridized carbons (Fsp3) is 0.227. The number of thiazole rings is 1. The highest BCUT2D eigenvalue weighted by Gasteiger charge is 2.23. The summed E-state index contributed by atoms with van der Waals surface area (Å²) >= 11 is 7.62. The number of benzene rings is 1. The first-order valence-electron chi connectivity index (χ1n) is 9.51. The Labute approximate surface area is 187 Å². The summed E-state index contributed by atoms with van der Waals surface area (Å²) in [6.45, 7) is 5.40. The predicted octanol–water partition coefficient (Wildman–Crippen LogP) is 5.39. The highest BCUT2D eigenvalue weighted by Crippen LogP contribution is 2.31. The molecule has 0 aliphatic rings. The van der Waals surface area contributed by atoms with Crippen molar-refractivity contribution in [1.82, 2.24) is 19.7 Å². The van der Waals surface area contributed by atoms with E-state index in [0.29, 0.717) is 33.2 Å². The molecule has 0 aliphatic heterocycles. The Bertz CT molecular complexity index is 1290. The Hall–Kier alpha value is -3.10. The van der Waals surface area contributed by atoms with E-state index in [0.717, 1.165) is 22.2 Å². The van der Waals surface area contributed by atoms with Crippen molar-refractivity contribution in [2.45, 2.75) is 32.8 Å². The molecule has 0 radical (unpaired) electrons. The summed E-state index contributed by atoms with van der Waals surface area (Å²) in [7, 11) is 0. The Balaban J connectivity index is 1.84. The van der Waals surface area contributed by atoms with Crippen LogP contribution in [0.25, 0.3) is 22.2 Å². The van der Waals surface area contributed by atoms with E-state index in [9.17, 15) is 9.59 Å². The number of aldehydes is 1. The standard InChI is InChI=1S/C22H19ClN4O3S/c1-22(2,3)30-21(29)27-18-7-6-13(20-16(23)5-4-8-24-20)9-15(18)17(26-27)10-19-25-11-14(12-28)31-19/h4-9,11-12H,10H2,1-3H3. The van der Waals surface area contributed by atoms with Gasteiger partial charge in [0.2, 0.25) is 0 Å². The lowest BCUT2D eigenvalue weighted by Crippen LogP contribution is -2.27. The minimum absolute atomic E-state index is 0.365. The molecule has 3 aromatic heterocycles. The number of rotatable bonds is 4. The van der Waals surface area contributed by atoms with E-state index in [1.807, 2.05) is 12.1 Å². The number of halogens is 1. The number of ether oxygens (including phenoxy) is 1. The Morgan fingerprint density at radius 1 is 1.26 bits per heavy atom. The molecule has 0 atom stereocenters. The summed E-state index contributed by atoms with van der Waals surface area (Å²) in [5.74, 6) is 0. The SMILES string of the molecule is CC(C)(C)OC(=O)n1nc(Cc2ncc(C=O)s2)c2cc(-c3ncccc3Cl)ccc21. The summed E-state index contributed by atoms with van der Waals surface area (Å²) in [5, 5.41) is 6.53. The van der Waals surface area contributed by atoms with E-state index < -0.39 is 11.7 Å². The van der Waals surface area contributed by atoms with Crippen LogP contribution in [0.5, 0.6) is 0 Å². The zero-order valence-electron chi connectivity index (χ0n) is 17.1. The third-order valence-corrected chi connectivity index (χ3v) is 5.59. The van der Waals surface area contributed by atoms with Gasteiger partial charge in [0.25, 0.3) is 0 Å². The number of carbonyl (C=O) groups is 2. The Kier molecular flexibility index (Phi) is 5.60. The van der Waals surface area contributed by atoms with Gasteiger partial charge < -0.3 is 4.74 Å². The Morgan fingerprint density at radius 3 is 2.74 bits per heavy atom. The predicted molar refractivity (Wildman–Crippen MR) is 120 cm³/mol. The molecule has 158 valence electrons. The van der Waals surface area contributed by atoms with Crippen LogP contribution in [-0.4, -0.2) is 37.7 Å². The summed E-state index contributed by atoms with van der Waals surface area (Å²) < 4.78 is 6.78. The molecule has 0 aliphatic carbocycles. The molecular weight excluding hydrogens is 436 g/mol. The summed E-state index contributed by atoms with van der Waals surface area (Å²) in [4.78, 5) is 33.0. The van der Waals surface area contributed by atoms with E-state index in [1.165, 1.54) is 22.2 Å². The first-order chi connectivity index (χ1) is 14.7. The van der Waals surface area contributed by atoms with Crippen molar-refractivity contribution in [3.8, 4) is 11.3 Å². The quantitative estimate of drug-likeness (QED) is 0.384. The van der Waals surface area contributed by atoms with Crippen LogP contribution in [0.15, 0.2) is 42.7 Å². The van der Waals surface area contributed by atoms with Crippen LogP contribution in [0.4, 0.5) is 4.79 Å². The molecule has 0 N–H and O–H groups in total.